The van der Waals surface area contributed by atoms with Crippen molar-refractivity contribution in [3.05, 3.63) is 54.6 Å². The Morgan fingerprint density at radius 3 is 2.52 bits per heavy atom. The van der Waals surface area contributed by atoms with Crippen LogP contribution >= 0.6 is 0 Å². The molecule has 1 aliphatic rings. The maximum absolute atomic E-state index is 5.87. The SMILES string of the molecule is c1ccc(Oc2ccccc2OCC2CNCCO2)cc1. The van der Waals surface area contributed by atoms with Gasteiger partial charge in [-0.05, 0) is 24.3 Å². The summed E-state index contributed by atoms with van der Waals surface area (Å²) in [6.07, 6.45) is 0.0866. The van der Waals surface area contributed by atoms with Crippen LogP contribution in [0.15, 0.2) is 54.6 Å². The van der Waals surface area contributed by atoms with Crippen molar-refractivity contribution in [2.24, 2.45) is 0 Å². The molecule has 2 aromatic rings. The highest BCUT2D eigenvalue weighted by atomic mass is 16.5. The van der Waals surface area contributed by atoms with E-state index in [0.717, 1.165) is 31.2 Å². The van der Waals surface area contributed by atoms with Crippen molar-refractivity contribution in [3.8, 4) is 17.2 Å². The molecule has 4 nitrogen and oxygen atoms in total. The van der Waals surface area contributed by atoms with Gasteiger partial charge in [0.05, 0.1) is 6.61 Å². The van der Waals surface area contributed by atoms with Crippen LogP contribution in [0, 0.1) is 0 Å². The molecule has 0 radical (unpaired) electrons. The molecule has 4 heteroatoms. The number of ether oxygens (including phenoxy) is 3. The second-order valence-corrected chi connectivity index (χ2v) is 4.87. The van der Waals surface area contributed by atoms with E-state index in [9.17, 15) is 0 Å². The van der Waals surface area contributed by atoms with Gasteiger partial charge >= 0.3 is 0 Å². The first-order chi connectivity index (χ1) is 10.4. The van der Waals surface area contributed by atoms with E-state index in [1.165, 1.54) is 0 Å². The molecule has 0 aliphatic carbocycles. The molecular formula is C17H19NO3. The highest BCUT2D eigenvalue weighted by Gasteiger charge is 2.15. The van der Waals surface area contributed by atoms with Crippen molar-refractivity contribution in [3.63, 3.8) is 0 Å². The van der Waals surface area contributed by atoms with Crippen LogP contribution in [0.4, 0.5) is 0 Å². The number of morpholine rings is 1. The fourth-order valence-corrected chi connectivity index (χ4v) is 2.18. The van der Waals surface area contributed by atoms with Crippen LogP contribution in [0.3, 0.4) is 0 Å². The largest absolute Gasteiger partial charge is 0.487 e. The molecule has 1 saturated heterocycles. The normalized spacial score (nSPS) is 18.2. The molecular weight excluding hydrogens is 266 g/mol. The summed E-state index contributed by atoms with van der Waals surface area (Å²) in [6, 6.07) is 17.4. The van der Waals surface area contributed by atoms with E-state index in [1.807, 2.05) is 54.6 Å². The van der Waals surface area contributed by atoms with E-state index in [1.54, 1.807) is 0 Å². The van der Waals surface area contributed by atoms with E-state index in [-0.39, 0.29) is 6.10 Å². The summed E-state index contributed by atoms with van der Waals surface area (Å²) in [6.45, 7) is 2.98. The molecule has 0 bridgehead atoms. The van der Waals surface area contributed by atoms with Gasteiger partial charge in [-0.15, -0.1) is 0 Å². The van der Waals surface area contributed by atoms with Crippen molar-refractivity contribution < 1.29 is 14.2 Å². The zero-order chi connectivity index (χ0) is 14.3. The molecule has 0 aromatic heterocycles. The summed E-state index contributed by atoms with van der Waals surface area (Å²) in [4.78, 5) is 0. The van der Waals surface area contributed by atoms with E-state index in [0.29, 0.717) is 12.4 Å². The van der Waals surface area contributed by atoms with Gasteiger partial charge in [0.25, 0.3) is 0 Å². The number of nitrogens with one attached hydrogen (secondary N) is 1. The molecule has 2 aromatic carbocycles. The Morgan fingerprint density at radius 2 is 1.76 bits per heavy atom. The third-order valence-electron chi connectivity index (χ3n) is 3.25. The molecule has 1 aliphatic heterocycles. The molecule has 21 heavy (non-hydrogen) atoms. The Labute approximate surface area is 124 Å². The van der Waals surface area contributed by atoms with Crippen LogP contribution in [-0.2, 0) is 4.74 Å². The van der Waals surface area contributed by atoms with Crippen LogP contribution in [0.25, 0.3) is 0 Å². The fraction of sp³-hybridized carbons (Fsp3) is 0.294. The lowest BCUT2D eigenvalue weighted by Gasteiger charge is -2.24. The van der Waals surface area contributed by atoms with E-state index >= 15 is 0 Å². The zero-order valence-electron chi connectivity index (χ0n) is 11.8. The Balaban J connectivity index is 1.64. The summed E-state index contributed by atoms with van der Waals surface area (Å²) < 4.78 is 17.4. The first-order valence-corrected chi connectivity index (χ1v) is 7.19. The van der Waals surface area contributed by atoms with Crippen molar-refractivity contribution >= 4 is 0 Å². The third kappa shape index (κ3) is 3.97. The standard InChI is InChI=1S/C17H19NO3/c1-2-6-14(7-3-1)21-17-9-5-4-8-16(17)20-13-15-12-18-10-11-19-15/h1-9,15,18H,10-13H2. The van der Waals surface area contributed by atoms with Gasteiger partial charge in [-0.1, -0.05) is 30.3 Å². The second-order valence-electron chi connectivity index (χ2n) is 4.87. The van der Waals surface area contributed by atoms with Gasteiger partial charge in [-0.25, -0.2) is 0 Å². The smallest absolute Gasteiger partial charge is 0.169 e. The van der Waals surface area contributed by atoms with Crippen LogP contribution in [0.2, 0.25) is 0 Å². The lowest BCUT2D eigenvalue weighted by Crippen LogP contribution is -2.41. The first-order valence-electron chi connectivity index (χ1n) is 7.19. The molecule has 3 rings (SSSR count). The Morgan fingerprint density at radius 1 is 1.00 bits per heavy atom. The number of para-hydroxylation sites is 3. The van der Waals surface area contributed by atoms with Gasteiger partial charge < -0.3 is 19.5 Å². The van der Waals surface area contributed by atoms with Crippen molar-refractivity contribution in [1.82, 2.24) is 5.32 Å². The summed E-state index contributed by atoms with van der Waals surface area (Å²) in [5, 5.41) is 3.29. The summed E-state index contributed by atoms with van der Waals surface area (Å²) in [7, 11) is 0. The third-order valence-corrected chi connectivity index (χ3v) is 3.25. The molecule has 1 heterocycles. The van der Waals surface area contributed by atoms with Crippen molar-refractivity contribution in [1.29, 1.82) is 0 Å². The quantitative estimate of drug-likeness (QED) is 0.917. The summed E-state index contributed by atoms with van der Waals surface area (Å²) >= 11 is 0. The second kappa shape index (κ2) is 7.11. The van der Waals surface area contributed by atoms with Gasteiger partial charge in [0.1, 0.15) is 18.5 Å². The number of hydrogen-bond acceptors (Lipinski definition) is 4. The Kier molecular flexibility index (Phi) is 4.71. The van der Waals surface area contributed by atoms with Crippen LogP contribution in [0.1, 0.15) is 0 Å². The van der Waals surface area contributed by atoms with Gasteiger partial charge in [0.2, 0.25) is 0 Å². The molecule has 1 atom stereocenters. The molecule has 110 valence electrons. The average molecular weight is 285 g/mol. The minimum atomic E-state index is 0.0866. The lowest BCUT2D eigenvalue weighted by molar-refractivity contribution is -0.000180. The van der Waals surface area contributed by atoms with E-state index < -0.39 is 0 Å². The lowest BCUT2D eigenvalue weighted by atomic mass is 10.3. The average Bonchev–Trinajstić information content (AvgIpc) is 2.56. The van der Waals surface area contributed by atoms with Crippen LogP contribution in [-0.4, -0.2) is 32.4 Å². The molecule has 1 N–H and O–H groups in total. The minimum absolute atomic E-state index is 0.0866. The number of benzene rings is 2. The molecule has 0 spiro atoms. The highest BCUT2D eigenvalue weighted by Crippen LogP contribution is 2.31. The zero-order valence-corrected chi connectivity index (χ0v) is 11.8. The maximum Gasteiger partial charge on any atom is 0.169 e. The fourth-order valence-electron chi connectivity index (χ4n) is 2.18. The van der Waals surface area contributed by atoms with Gasteiger partial charge in [-0.2, -0.15) is 0 Å². The predicted octanol–water partition coefficient (Wildman–Crippen LogP) is 2.85. The highest BCUT2D eigenvalue weighted by molar-refractivity contribution is 5.42. The first kappa shape index (κ1) is 13.9. The Hall–Kier alpha value is -2.04. The molecule has 1 fully saturated rings. The maximum atomic E-state index is 5.87. The van der Waals surface area contributed by atoms with Gasteiger partial charge in [0.15, 0.2) is 11.5 Å². The molecule has 0 amide bonds. The van der Waals surface area contributed by atoms with Crippen LogP contribution in [0.5, 0.6) is 17.2 Å². The monoisotopic (exact) mass is 285 g/mol. The minimum Gasteiger partial charge on any atom is -0.487 e. The summed E-state index contributed by atoms with van der Waals surface area (Å²) in [5.74, 6) is 2.24. The van der Waals surface area contributed by atoms with E-state index in [4.69, 9.17) is 14.2 Å². The molecule has 1 unspecified atom stereocenters. The van der Waals surface area contributed by atoms with E-state index in [2.05, 4.69) is 5.32 Å². The van der Waals surface area contributed by atoms with Gasteiger partial charge in [-0.3, -0.25) is 0 Å². The topological polar surface area (TPSA) is 39.7 Å². The Bertz CT molecular complexity index is 553. The number of rotatable bonds is 5. The summed E-state index contributed by atoms with van der Waals surface area (Å²) in [5.41, 5.74) is 0. The molecule has 0 saturated carbocycles. The van der Waals surface area contributed by atoms with Crippen molar-refractivity contribution in [2.45, 2.75) is 6.10 Å². The van der Waals surface area contributed by atoms with Gasteiger partial charge in [0, 0.05) is 13.1 Å². The van der Waals surface area contributed by atoms with Crippen LogP contribution < -0.4 is 14.8 Å². The van der Waals surface area contributed by atoms with Crippen molar-refractivity contribution in [2.75, 3.05) is 26.3 Å². The number of hydrogen-bond donors (Lipinski definition) is 1. The predicted molar refractivity (Wildman–Crippen MR) is 81.1 cm³/mol.